The summed E-state index contributed by atoms with van der Waals surface area (Å²) in [6, 6.07) is 1.34. The molecule has 0 amide bonds. The Morgan fingerprint density at radius 3 is 2.68 bits per heavy atom. The maximum Gasteiger partial charge on any atom is 0.348 e. The zero-order valence-electron chi connectivity index (χ0n) is 9.57. The lowest BCUT2D eigenvalue weighted by Gasteiger charge is -2.11. The summed E-state index contributed by atoms with van der Waals surface area (Å²) >= 11 is 0.896. The summed E-state index contributed by atoms with van der Waals surface area (Å²) in [6.45, 7) is 0. The van der Waals surface area contributed by atoms with Crippen LogP contribution in [0.1, 0.15) is 16.1 Å². The summed E-state index contributed by atoms with van der Waals surface area (Å²) in [4.78, 5) is 10.8. The van der Waals surface area contributed by atoms with E-state index < -0.39 is 36.8 Å². The zero-order valence-corrected chi connectivity index (χ0v) is 12.0. The second kappa shape index (κ2) is 4.76. The number of carboxylic acids is 1. The predicted molar refractivity (Wildman–Crippen MR) is 70.9 cm³/mol. The van der Waals surface area contributed by atoms with Crippen molar-refractivity contribution in [1.29, 1.82) is 0 Å². The van der Waals surface area contributed by atoms with E-state index in [-0.39, 0.29) is 22.7 Å². The van der Waals surface area contributed by atoms with Crippen LogP contribution in [0.15, 0.2) is 11.4 Å². The van der Waals surface area contributed by atoms with Gasteiger partial charge in [-0.05, 0) is 17.9 Å². The average molecular weight is 325 g/mol. The third kappa shape index (κ3) is 3.07. The van der Waals surface area contributed by atoms with Crippen molar-refractivity contribution >= 4 is 42.9 Å². The topological polar surface area (TPSA) is 118 Å². The van der Waals surface area contributed by atoms with Gasteiger partial charge in [-0.2, -0.15) is 0 Å². The average Bonchev–Trinajstić information content (AvgIpc) is 2.84. The second-order valence-electron chi connectivity index (χ2n) is 4.14. The number of rotatable bonds is 4. The van der Waals surface area contributed by atoms with Crippen molar-refractivity contribution in [2.45, 2.75) is 11.7 Å². The van der Waals surface area contributed by atoms with Gasteiger partial charge in [-0.1, -0.05) is 0 Å². The molecule has 0 spiro atoms. The molecule has 10 heteroatoms. The largest absolute Gasteiger partial charge is 0.477 e. The smallest absolute Gasteiger partial charge is 0.348 e. The highest BCUT2D eigenvalue weighted by molar-refractivity contribution is 7.97. The van der Waals surface area contributed by atoms with Crippen LogP contribution in [0.5, 0.6) is 0 Å². The third-order valence-electron chi connectivity index (χ3n) is 2.74. The van der Waals surface area contributed by atoms with Crippen LogP contribution in [0.3, 0.4) is 0 Å². The molecule has 0 bridgehead atoms. The maximum atomic E-state index is 12.0. The molecule has 0 aromatic carbocycles. The van der Waals surface area contributed by atoms with Crippen molar-refractivity contribution in [1.82, 2.24) is 0 Å². The molecule has 7 nitrogen and oxygen atoms in total. The van der Waals surface area contributed by atoms with E-state index >= 15 is 0 Å². The number of carboxylic acid groups (broad SMARTS) is 1. The first-order valence-corrected chi connectivity index (χ1v) is 9.49. The molecule has 0 radical (unpaired) electrons. The van der Waals surface area contributed by atoms with Gasteiger partial charge < -0.3 is 5.11 Å². The molecule has 1 atom stereocenters. The van der Waals surface area contributed by atoms with Gasteiger partial charge in [0.25, 0.3) is 0 Å². The monoisotopic (exact) mass is 325 g/mol. The van der Waals surface area contributed by atoms with Gasteiger partial charge in [0.15, 0.2) is 9.84 Å². The first kappa shape index (κ1) is 14.3. The molecule has 1 fully saturated rings. The minimum absolute atomic E-state index is 0.0261. The van der Waals surface area contributed by atoms with Gasteiger partial charge in [-0.3, -0.25) is 4.72 Å². The minimum Gasteiger partial charge on any atom is -0.477 e. The van der Waals surface area contributed by atoms with Crippen LogP contribution >= 0.6 is 11.3 Å². The third-order valence-corrected chi connectivity index (χ3v) is 7.41. The van der Waals surface area contributed by atoms with Gasteiger partial charge in [-0.15, -0.1) is 11.3 Å². The molecule has 2 heterocycles. The van der Waals surface area contributed by atoms with Crippen LogP contribution in [-0.2, 0) is 19.9 Å². The molecule has 1 aromatic heterocycles. The summed E-state index contributed by atoms with van der Waals surface area (Å²) in [5.41, 5.74) is -0.0261. The Labute approximate surface area is 114 Å². The van der Waals surface area contributed by atoms with Gasteiger partial charge in [-0.25, -0.2) is 21.6 Å². The summed E-state index contributed by atoms with van der Waals surface area (Å²) < 4.78 is 48.7. The molecule has 2 N–H and O–H groups in total. The van der Waals surface area contributed by atoms with E-state index in [1.165, 1.54) is 11.4 Å². The van der Waals surface area contributed by atoms with E-state index in [0.717, 1.165) is 11.3 Å². The molecule has 1 aliphatic rings. The van der Waals surface area contributed by atoms with E-state index in [1.807, 2.05) is 0 Å². The number of carbonyl (C=O) groups is 1. The first-order chi connectivity index (χ1) is 8.71. The van der Waals surface area contributed by atoms with Gasteiger partial charge >= 0.3 is 5.97 Å². The fourth-order valence-electron chi connectivity index (χ4n) is 1.80. The molecule has 2 rings (SSSR count). The normalized spacial score (nSPS) is 22.2. The van der Waals surface area contributed by atoms with Crippen molar-refractivity contribution in [3.05, 3.63) is 16.3 Å². The second-order valence-corrected chi connectivity index (χ2v) is 9.25. The number of anilines is 1. The summed E-state index contributed by atoms with van der Waals surface area (Å²) in [7, 11) is -7.21. The summed E-state index contributed by atoms with van der Waals surface area (Å²) in [5.74, 6) is -1.81. The van der Waals surface area contributed by atoms with E-state index in [9.17, 15) is 21.6 Å². The lowest BCUT2D eigenvalue weighted by atomic mass is 10.4. The highest BCUT2D eigenvalue weighted by atomic mass is 32.2. The minimum atomic E-state index is -3.90. The van der Waals surface area contributed by atoms with Gasteiger partial charge in [0, 0.05) is 0 Å². The number of hydrogen-bond acceptors (Lipinski definition) is 6. The number of hydrogen-bond donors (Lipinski definition) is 2. The molecular weight excluding hydrogens is 314 g/mol. The number of sulfone groups is 1. The molecular formula is C9H11NO6S3. The molecule has 0 saturated carbocycles. The van der Waals surface area contributed by atoms with Crippen molar-refractivity contribution < 1.29 is 26.7 Å². The van der Waals surface area contributed by atoms with Crippen molar-refractivity contribution in [3.63, 3.8) is 0 Å². The van der Waals surface area contributed by atoms with Crippen LogP contribution in [0.4, 0.5) is 5.69 Å². The highest BCUT2D eigenvalue weighted by Crippen LogP contribution is 2.26. The molecule has 106 valence electrons. The fraction of sp³-hybridized carbons (Fsp3) is 0.444. The van der Waals surface area contributed by atoms with E-state index in [4.69, 9.17) is 5.11 Å². The van der Waals surface area contributed by atoms with Crippen LogP contribution in [0.25, 0.3) is 0 Å². The molecule has 0 aliphatic carbocycles. The zero-order chi connectivity index (χ0) is 14.3. The Balaban J connectivity index is 2.23. The Morgan fingerprint density at radius 1 is 1.47 bits per heavy atom. The SMILES string of the molecule is O=C(O)c1sccc1NS(=O)(=O)C1CCS(=O)(=O)C1. The Hall–Kier alpha value is -1.13. The van der Waals surface area contributed by atoms with Crippen molar-refractivity contribution in [2.75, 3.05) is 16.2 Å². The van der Waals surface area contributed by atoms with E-state index in [0.29, 0.717) is 0 Å². The quantitative estimate of drug-likeness (QED) is 0.826. The first-order valence-electron chi connectivity index (χ1n) is 5.24. The van der Waals surface area contributed by atoms with Crippen LogP contribution in [0, 0.1) is 0 Å². The summed E-state index contributed by atoms with van der Waals surface area (Å²) in [6.07, 6.45) is 0.0320. The highest BCUT2D eigenvalue weighted by Gasteiger charge is 2.37. The van der Waals surface area contributed by atoms with E-state index in [1.54, 1.807) is 0 Å². The lowest BCUT2D eigenvalue weighted by Crippen LogP contribution is -2.29. The van der Waals surface area contributed by atoms with Crippen LogP contribution < -0.4 is 4.72 Å². The number of thiophene rings is 1. The lowest BCUT2D eigenvalue weighted by molar-refractivity contribution is 0.0703. The van der Waals surface area contributed by atoms with Gasteiger partial charge in [0.1, 0.15) is 4.88 Å². The van der Waals surface area contributed by atoms with Crippen LogP contribution in [0.2, 0.25) is 0 Å². The predicted octanol–water partition coefficient (Wildman–Crippen LogP) is 0.375. The number of sulfonamides is 1. The summed E-state index contributed by atoms with van der Waals surface area (Å²) in [5, 5.41) is 9.30. The molecule has 19 heavy (non-hydrogen) atoms. The Morgan fingerprint density at radius 2 is 2.16 bits per heavy atom. The molecule has 1 aliphatic heterocycles. The maximum absolute atomic E-state index is 12.0. The van der Waals surface area contributed by atoms with Crippen molar-refractivity contribution in [2.24, 2.45) is 0 Å². The van der Waals surface area contributed by atoms with Gasteiger partial charge in [0.05, 0.1) is 22.4 Å². The van der Waals surface area contributed by atoms with Gasteiger partial charge in [0.2, 0.25) is 10.0 Å². The van der Waals surface area contributed by atoms with Crippen molar-refractivity contribution in [3.8, 4) is 0 Å². The number of nitrogens with one attached hydrogen (secondary N) is 1. The van der Waals surface area contributed by atoms with Crippen LogP contribution in [-0.4, -0.2) is 44.7 Å². The fourth-order valence-corrected chi connectivity index (χ4v) is 6.65. The molecule has 1 saturated heterocycles. The number of aromatic carboxylic acids is 1. The Bertz CT molecular complexity index is 702. The molecule has 1 aromatic rings. The standard InChI is InChI=1S/C9H11NO6S3/c11-9(12)8-7(1-3-17-8)10-19(15,16)6-2-4-18(13,14)5-6/h1,3,6,10H,2,4-5H2,(H,11,12). The Kier molecular flexibility index (Phi) is 3.58. The molecule has 1 unspecified atom stereocenters. The van der Waals surface area contributed by atoms with E-state index in [2.05, 4.69) is 4.72 Å².